The van der Waals surface area contributed by atoms with E-state index in [1.54, 1.807) is 19.2 Å². The molecular weight excluding hydrogens is 244 g/mol. The Bertz CT molecular complexity index is 374. The molecule has 0 spiro atoms. The number of anilines is 1. The molecule has 96 valence electrons. The van der Waals surface area contributed by atoms with Crippen LogP contribution in [0.15, 0.2) is 12.1 Å². The van der Waals surface area contributed by atoms with Crippen molar-refractivity contribution in [2.24, 2.45) is 5.73 Å². The van der Waals surface area contributed by atoms with Gasteiger partial charge in [0.05, 0.1) is 31.5 Å². The second kappa shape index (κ2) is 6.54. The van der Waals surface area contributed by atoms with Gasteiger partial charge in [0.15, 0.2) is 0 Å². The molecule has 6 heteroatoms. The number of halogens is 1. The predicted molar refractivity (Wildman–Crippen MR) is 68.1 cm³/mol. The maximum atomic E-state index is 8.84. The average molecular weight is 261 g/mol. The maximum absolute atomic E-state index is 8.84. The van der Waals surface area contributed by atoms with E-state index in [0.29, 0.717) is 23.1 Å². The van der Waals surface area contributed by atoms with Crippen molar-refractivity contribution in [3.63, 3.8) is 0 Å². The number of aliphatic hydroxyl groups excluding tert-OH is 1. The maximum Gasteiger partial charge on any atom is 0.143 e. The Hall–Kier alpha value is -1.17. The van der Waals surface area contributed by atoms with Crippen LogP contribution in [0.4, 0.5) is 5.69 Å². The molecule has 1 atom stereocenters. The fraction of sp³-hybridized carbons (Fsp3) is 0.455. The second-order valence-electron chi connectivity index (χ2n) is 3.51. The van der Waals surface area contributed by atoms with E-state index < -0.39 is 0 Å². The van der Waals surface area contributed by atoms with Gasteiger partial charge in [0.25, 0.3) is 0 Å². The molecule has 4 N–H and O–H groups in total. The Kier molecular flexibility index (Phi) is 5.34. The van der Waals surface area contributed by atoms with Gasteiger partial charge in [-0.25, -0.2) is 0 Å². The van der Waals surface area contributed by atoms with Crippen LogP contribution >= 0.6 is 11.6 Å². The molecule has 0 saturated carbocycles. The molecule has 5 nitrogen and oxygen atoms in total. The SMILES string of the molecule is COc1cc(NCC(N)CO)c(OC)cc1Cl. The van der Waals surface area contributed by atoms with E-state index in [1.165, 1.54) is 7.11 Å². The van der Waals surface area contributed by atoms with E-state index in [0.717, 1.165) is 5.69 Å². The summed E-state index contributed by atoms with van der Waals surface area (Å²) in [5.41, 5.74) is 6.32. The lowest BCUT2D eigenvalue weighted by Crippen LogP contribution is -2.32. The molecular formula is C11H17ClN2O3. The third-order valence-electron chi connectivity index (χ3n) is 2.26. The number of hydrogen-bond donors (Lipinski definition) is 3. The third-order valence-corrected chi connectivity index (χ3v) is 2.56. The topological polar surface area (TPSA) is 76.7 Å². The molecule has 0 aliphatic rings. The average Bonchev–Trinajstić information content (AvgIpc) is 2.36. The number of ether oxygens (including phenoxy) is 2. The van der Waals surface area contributed by atoms with Crippen LogP contribution in [-0.2, 0) is 0 Å². The van der Waals surface area contributed by atoms with Gasteiger partial charge in [-0.2, -0.15) is 0 Å². The van der Waals surface area contributed by atoms with Gasteiger partial charge in [0.2, 0.25) is 0 Å². The van der Waals surface area contributed by atoms with Crippen LogP contribution in [0.2, 0.25) is 5.02 Å². The van der Waals surface area contributed by atoms with Crippen molar-refractivity contribution in [3.05, 3.63) is 17.2 Å². The van der Waals surface area contributed by atoms with E-state index in [2.05, 4.69) is 5.32 Å². The molecule has 0 saturated heterocycles. The number of hydrogen-bond acceptors (Lipinski definition) is 5. The summed E-state index contributed by atoms with van der Waals surface area (Å²) in [5, 5.41) is 12.4. The Morgan fingerprint density at radius 2 is 2.00 bits per heavy atom. The summed E-state index contributed by atoms with van der Waals surface area (Å²) in [4.78, 5) is 0. The number of aliphatic hydroxyl groups is 1. The lowest BCUT2D eigenvalue weighted by molar-refractivity contribution is 0.270. The van der Waals surface area contributed by atoms with Gasteiger partial charge in [0, 0.05) is 24.7 Å². The number of rotatable bonds is 6. The Morgan fingerprint density at radius 1 is 1.35 bits per heavy atom. The highest BCUT2D eigenvalue weighted by molar-refractivity contribution is 6.32. The Morgan fingerprint density at radius 3 is 2.53 bits per heavy atom. The van der Waals surface area contributed by atoms with Crippen LogP contribution < -0.4 is 20.5 Å². The highest BCUT2D eigenvalue weighted by atomic mass is 35.5. The summed E-state index contributed by atoms with van der Waals surface area (Å²) in [6.45, 7) is 0.345. The van der Waals surface area contributed by atoms with Crippen LogP contribution in [0.25, 0.3) is 0 Å². The highest BCUT2D eigenvalue weighted by Crippen LogP contribution is 2.35. The summed E-state index contributed by atoms with van der Waals surface area (Å²) in [5.74, 6) is 1.15. The molecule has 0 radical (unpaired) electrons. The number of methoxy groups -OCH3 is 2. The van der Waals surface area contributed by atoms with Crippen LogP contribution in [0, 0.1) is 0 Å². The van der Waals surface area contributed by atoms with E-state index in [9.17, 15) is 0 Å². The summed E-state index contributed by atoms with van der Waals surface area (Å²) in [6.07, 6.45) is 0. The first-order chi connectivity index (χ1) is 8.12. The van der Waals surface area contributed by atoms with Gasteiger partial charge in [0.1, 0.15) is 11.5 Å². The van der Waals surface area contributed by atoms with Crippen molar-refractivity contribution in [2.45, 2.75) is 6.04 Å². The molecule has 0 fully saturated rings. The van der Waals surface area contributed by atoms with Crippen LogP contribution in [-0.4, -0.2) is 38.5 Å². The zero-order valence-electron chi connectivity index (χ0n) is 9.87. The Balaban J connectivity index is 2.88. The molecule has 0 amide bonds. The largest absolute Gasteiger partial charge is 0.495 e. The van der Waals surface area contributed by atoms with E-state index >= 15 is 0 Å². The summed E-state index contributed by atoms with van der Waals surface area (Å²) in [7, 11) is 3.09. The number of benzene rings is 1. The monoisotopic (exact) mass is 260 g/mol. The van der Waals surface area contributed by atoms with Crippen molar-refractivity contribution in [1.29, 1.82) is 0 Å². The van der Waals surface area contributed by atoms with Crippen molar-refractivity contribution in [2.75, 3.05) is 32.7 Å². The molecule has 17 heavy (non-hydrogen) atoms. The van der Waals surface area contributed by atoms with Crippen molar-refractivity contribution in [1.82, 2.24) is 0 Å². The van der Waals surface area contributed by atoms with E-state index in [-0.39, 0.29) is 12.6 Å². The predicted octanol–water partition coefficient (Wildman–Crippen LogP) is 1.09. The minimum Gasteiger partial charge on any atom is -0.495 e. The first kappa shape index (κ1) is 13.9. The zero-order valence-corrected chi connectivity index (χ0v) is 10.6. The third kappa shape index (κ3) is 3.66. The molecule has 1 rings (SSSR count). The summed E-state index contributed by atoms with van der Waals surface area (Å²) < 4.78 is 10.3. The normalized spacial score (nSPS) is 12.1. The van der Waals surface area contributed by atoms with Gasteiger partial charge in [-0.3, -0.25) is 0 Å². The number of nitrogens with one attached hydrogen (secondary N) is 1. The molecule has 0 heterocycles. The van der Waals surface area contributed by atoms with Gasteiger partial charge >= 0.3 is 0 Å². The van der Waals surface area contributed by atoms with Crippen molar-refractivity contribution in [3.8, 4) is 11.5 Å². The first-order valence-electron chi connectivity index (χ1n) is 5.14. The highest BCUT2D eigenvalue weighted by Gasteiger charge is 2.10. The first-order valence-corrected chi connectivity index (χ1v) is 5.52. The lowest BCUT2D eigenvalue weighted by Gasteiger charge is -2.15. The quantitative estimate of drug-likeness (QED) is 0.714. The van der Waals surface area contributed by atoms with Gasteiger partial charge in [-0.1, -0.05) is 11.6 Å². The molecule has 1 unspecified atom stereocenters. The smallest absolute Gasteiger partial charge is 0.143 e. The van der Waals surface area contributed by atoms with Crippen molar-refractivity contribution >= 4 is 17.3 Å². The molecule has 0 aromatic heterocycles. The standard InChI is InChI=1S/C11H17ClN2O3/c1-16-10-4-9(14-5-7(13)6-15)11(17-2)3-8(10)12/h3-4,7,14-15H,5-6,13H2,1-2H3. The lowest BCUT2D eigenvalue weighted by atomic mass is 10.2. The van der Waals surface area contributed by atoms with Crippen LogP contribution in [0.3, 0.4) is 0 Å². The van der Waals surface area contributed by atoms with E-state index in [4.69, 9.17) is 31.9 Å². The zero-order chi connectivity index (χ0) is 12.8. The summed E-state index contributed by atoms with van der Waals surface area (Å²) in [6, 6.07) is 3.06. The Labute approximate surface area is 105 Å². The molecule has 0 bridgehead atoms. The van der Waals surface area contributed by atoms with E-state index in [1.807, 2.05) is 0 Å². The number of nitrogens with two attached hydrogens (primary N) is 1. The minimum absolute atomic E-state index is 0.0833. The molecule has 1 aromatic carbocycles. The molecule has 1 aromatic rings. The van der Waals surface area contributed by atoms with Gasteiger partial charge in [-0.15, -0.1) is 0 Å². The second-order valence-corrected chi connectivity index (χ2v) is 3.92. The van der Waals surface area contributed by atoms with Crippen molar-refractivity contribution < 1.29 is 14.6 Å². The summed E-state index contributed by atoms with van der Waals surface area (Å²) >= 11 is 5.97. The van der Waals surface area contributed by atoms with Gasteiger partial charge in [-0.05, 0) is 0 Å². The fourth-order valence-electron chi connectivity index (χ4n) is 1.30. The molecule has 0 aliphatic heterocycles. The van der Waals surface area contributed by atoms with Crippen LogP contribution in [0.5, 0.6) is 11.5 Å². The van der Waals surface area contributed by atoms with Crippen LogP contribution in [0.1, 0.15) is 0 Å². The minimum atomic E-state index is -0.332. The fourth-order valence-corrected chi connectivity index (χ4v) is 1.54. The van der Waals surface area contributed by atoms with Gasteiger partial charge < -0.3 is 25.6 Å². The molecule has 0 aliphatic carbocycles.